The summed E-state index contributed by atoms with van der Waals surface area (Å²) in [7, 11) is 0. The van der Waals surface area contributed by atoms with Gasteiger partial charge in [-0.15, -0.1) is 0 Å². The minimum Gasteiger partial charge on any atom is -0.482 e. The first-order valence-electron chi connectivity index (χ1n) is 5.49. The zero-order valence-electron chi connectivity index (χ0n) is 10.5. The first-order valence-corrected chi connectivity index (χ1v) is 7.07. The van der Waals surface area contributed by atoms with E-state index in [1.165, 1.54) is 0 Å². The molecule has 0 saturated heterocycles. The Morgan fingerprint density at radius 3 is 2.61 bits per heavy atom. The van der Waals surface area contributed by atoms with Crippen molar-refractivity contribution in [3.05, 3.63) is 26.1 Å². The summed E-state index contributed by atoms with van der Waals surface area (Å²) in [5.74, 6) is 5.64. The first kappa shape index (κ1) is 15.5. The van der Waals surface area contributed by atoms with Gasteiger partial charge in [-0.3, -0.25) is 10.2 Å². The number of halogens is 2. The summed E-state index contributed by atoms with van der Waals surface area (Å²) < 4.78 is 7.42. The van der Waals surface area contributed by atoms with Crippen LogP contribution in [0.3, 0.4) is 0 Å². The van der Waals surface area contributed by atoms with Gasteiger partial charge in [0.15, 0.2) is 6.61 Å². The highest BCUT2D eigenvalue weighted by Crippen LogP contribution is 2.40. The number of rotatable bonds is 4. The van der Waals surface area contributed by atoms with Crippen molar-refractivity contribution >= 4 is 37.8 Å². The monoisotopic (exact) mass is 378 g/mol. The molecule has 1 amide bonds. The molecule has 0 saturated carbocycles. The van der Waals surface area contributed by atoms with Crippen molar-refractivity contribution in [1.29, 1.82) is 0 Å². The van der Waals surface area contributed by atoms with Gasteiger partial charge in [0.05, 0.1) is 4.47 Å². The van der Waals surface area contributed by atoms with Crippen molar-refractivity contribution in [2.45, 2.75) is 26.7 Å². The molecule has 0 radical (unpaired) electrons. The first-order chi connectivity index (χ1) is 8.38. The van der Waals surface area contributed by atoms with Gasteiger partial charge in [0.2, 0.25) is 0 Å². The number of nitrogens with two attached hydrogens (primary N) is 1. The number of hydrogen-bond donors (Lipinski definition) is 2. The molecular formula is C12H16Br2N2O2. The second-order valence-corrected chi connectivity index (χ2v) is 5.87. The van der Waals surface area contributed by atoms with E-state index in [1.54, 1.807) is 0 Å². The minimum absolute atomic E-state index is 0.101. The third kappa shape index (κ3) is 3.46. The highest BCUT2D eigenvalue weighted by atomic mass is 79.9. The lowest BCUT2D eigenvalue weighted by molar-refractivity contribution is -0.123. The highest BCUT2D eigenvalue weighted by molar-refractivity contribution is 9.11. The maximum absolute atomic E-state index is 11.1. The van der Waals surface area contributed by atoms with Crippen LogP contribution in [-0.4, -0.2) is 12.5 Å². The molecule has 0 spiro atoms. The van der Waals surface area contributed by atoms with E-state index in [-0.39, 0.29) is 18.4 Å². The zero-order valence-corrected chi connectivity index (χ0v) is 13.7. The van der Waals surface area contributed by atoms with Crippen LogP contribution in [0.5, 0.6) is 5.75 Å². The molecule has 1 aromatic carbocycles. The van der Waals surface area contributed by atoms with Gasteiger partial charge in [-0.2, -0.15) is 0 Å². The Morgan fingerprint density at radius 2 is 2.11 bits per heavy atom. The van der Waals surface area contributed by atoms with E-state index in [2.05, 4.69) is 45.7 Å². The topological polar surface area (TPSA) is 64.3 Å². The number of carbonyl (C=O) groups excluding carboxylic acids is 1. The second kappa shape index (κ2) is 6.54. The summed E-state index contributed by atoms with van der Waals surface area (Å²) in [5.41, 5.74) is 4.10. The molecule has 0 aliphatic rings. The number of carbonyl (C=O) groups is 1. The predicted molar refractivity (Wildman–Crippen MR) is 78.5 cm³/mol. The van der Waals surface area contributed by atoms with Crippen LogP contribution < -0.4 is 16.0 Å². The Morgan fingerprint density at radius 1 is 1.50 bits per heavy atom. The smallest absolute Gasteiger partial charge is 0.271 e. The second-order valence-electron chi connectivity index (χ2n) is 4.23. The summed E-state index contributed by atoms with van der Waals surface area (Å²) in [6.07, 6.45) is 0. The van der Waals surface area contributed by atoms with Gasteiger partial charge in [-0.25, -0.2) is 5.84 Å². The van der Waals surface area contributed by atoms with Crippen molar-refractivity contribution < 1.29 is 9.53 Å². The van der Waals surface area contributed by atoms with Crippen molar-refractivity contribution in [3.8, 4) is 5.75 Å². The molecule has 18 heavy (non-hydrogen) atoms. The van der Waals surface area contributed by atoms with Gasteiger partial charge in [-0.05, 0) is 46.0 Å². The lowest BCUT2D eigenvalue weighted by Gasteiger charge is -2.18. The Balaban J connectivity index is 3.14. The zero-order chi connectivity index (χ0) is 13.9. The fraction of sp³-hybridized carbons (Fsp3) is 0.417. The maximum atomic E-state index is 11.1. The standard InChI is InChI=1S/C12H16Br2N2O2/c1-6(2)8-4-9(13)7(3)11(14)12(8)18-5-10(17)16-15/h4,6H,5,15H2,1-3H3,(H,16,17). The average molecular weight is 380 g/mol. The minimum atomic E-state index is -0.364. The van der Waals surface area contributed by atoms with Crippen LogP contribution in [0.4, 0.5) is 0 Å². The van der Waals surface area contributed by atoms with Crippen LogP contribution in [0.15, 0.2) is 15.0 Å². The number of amides is 1. The summed E-state index contributed by atoms with van der Waals surface area (Å²) in [5, 5.41) is 0. The Kier molecular flexibility index (Phi) is 5.62. The van der Waals surface area contributed by atoms with Crippen LogP contribution in [0.1, 0.15) is 30.9 Å². The number of nitrogens with one attached hydrogen (secondary N) is 1. The van der Waals surface area contributed by atoms with Crippen LogP contribution in [0, 0.1) is 6.92 Å². The molecule has 1 aromatic rings. The van der Waals surface area contributed by atoms with E-state index in [4.69, 9.17) is 10.6 Å². The Bertz CT molecular complexity index is 462. The molecule has 1 rings (SSSR count). The molecule has 0 aliphatic carbocycles. The van der Waals surface area contributed by atoms with E-state index in [0.717, 1.165) is 20.1 Å². The quantitative estimate of drug-likeness (QED) is 0.480. The van der Waals surface area contributed by atoms with E-state index in [1.807, 2.05) is 18.4 Å². The van der Waals surface area contributed by atoms with E-state index >= 15 is 0 Å². The largest absolute Gasteiger partial charge is 0.482 e. The molecule has 6 heteroatoms. The van der Waals surface area contributed by atoms with E-state index in [0.29, 0.717) is 5.75 Å². The van der Waals surface area contributed by atoms with Crippen molar-refractivity contribution in [2.75, 3.05) is 6.61 Å². The molecule has 0 atom stereocenters. The molecule has 0 aliphatic heterocycles. The molecule has 4 nitrogen and oxygen atoms in total. The number of benzene rings is 1. The summed E-state index contributed by atoms with van der Waals surface area (Å²) >= 11 is 7.01. The fourth-order valence-corrected chi connectivity index (χ4v) is 2.73. The normalized spacial score (nSPS) is 10.6. The Labute approximate surface area is 123 Å². The van der Waals surface area contributed by atoms with Crippen molar-refractivity contribution in [3.63, 3.8) is 0 Å². The lowest BCUT2D eigenvalue weighted by atomic mass is 10.0. The number of hydrazine groups is 1. The number of ether oxygens (including phenoxy) is 1. The molecule has 100 valence electrons. The van der Waals surface area contributed by atoms with Gasteiger partial charge in [-0.1, -0.05) is 29.8 Å². The molecule has 0 unspecified atom stereocenters. The maximum Gasteiger partial charge on any atom is 0.271 e. The average Bonchev–Trinajstić information content (AvgIpc) is 2.33. The molecular weight excluding hydrogens is 364 g/mol. The number of hydrogen-bond acceptors (Lipinski definition) is 3. The van der Waals surface area contributed by atoms with E-state index < -0.39 is 0 Å². The van der Waals surface area contributed by atoms with Crippen molar-refractivity contribution in [1.82, 2.24) is 5.43 Å². The summed E-state index contributed by atoms with van der Waals surface area (Å²) in [6, 6.07) is 2.01. The predicted octanol–water partition coefficient (Wildman–Crippen LogP) is 3.01. The van der Waals surface area contributed by atoms with Gasteiger partial charge < -0.3 is 4.74 Å². The third-order valence-electron chi connectivity index (χ3n) is 2.56. The molecule has 0 aromatic heterocycles. The third-order valence-corrected chi connectivity index (χ3v) is 4.34. The van der Waals surface area contributed by atoms with Gasteiger partial charge in [0.1, 0.15) is 5.75 Å². The van der Waals surface area contributed by atoms with Gasteiger partial charge in [0.25, 0.3) is 5.91 Å². The van der Waals surface area contributed by atoms with Crippen LogP contribution >= 0.6 is 31.9 Å². The Hall–Kier alpha value is -0.590. The van der Waals surface area contributed by atoms with Crippen molar-refractivity contribution in [2.24, 2.45) is 5.84 Å². The molecule has 0 heterocycles. The molecule has 0 bridgehead atoms. The van der Waals surface area contributed by atoms with Crippen LogP contribution in [0.2, 0.25) is 0 Å². The molecule has 0 fully saturated rings. The summed E-state index contributed by atoms with van der Waals surface area (Å²) in [4.78, 5) is 11.1. The lowest BCUT2D eigenvalue weighted by Crippen LogP contribution is -2.34. The van der Waals surface area contributed by atoms with Crippen LogP contribution in [-0.2, 0) is 4.79 Å². The highest BCUT2D eigenvalue weighted by Gasteiger charge is 2.17. The fourth-order valence-electron chi connectivity index (χ4n) is 1.47. The van der Waals surface area contributed by atoms with Crippen LogP contribution in [0.25, 0.3) is 0 Å². The SMILES string of the molecule is Cc1c(Br)cc(C(C)C)c(OCC(=O)NN)c1Br. The molecule has 3 N–H and O–H groups in total. The van der Waals surface area contributed by atoms with Gasteiger partial charge in [0, 0.05) is 4.47 Å². The summed E-state index contributed by atoms with van der Waals surface area (Å²) in [6.45, 7) is 6.00. The van der Waals surface area contributed by atoms with Gasteiger partial charge >= 0.3 is 0 Å². The van der Waals surface area contributed by atoms with E-state index in [9.17, 15) is 4.79 Å².